The minimum atomic E-state index is -0.277. The van der Waals surface area contributed by atoms with Gasteiger partial charge in [-0.25, -0.2) is 4.39 Å². The fourth-order valence-corrected chi connectivity index (χ4v) is 3.95. The molecular weight excluding hydrogens is 461 g/mol. The Morgan fingerprint density at radius 3 is 2.36 bits per heavy atom. The second-order valence-electron chi connectivity index (χ2n) is 8.83. The number of hydrogen-bond donors (Lipinski definition) is 4. The molecule has 0 saturated carbocycles. The molecule has 1 saturated heterocycles. The summed E-state index contributed by atoms with van der Waals surface area (Å²) < 4.78 is 13.4. The molecule has 2 aromatic carbocycles. The molecule has 0 spiro atoms. The van der Waals surface area contributed by atoms with E-state index in [1.54, 1.807) is 36.4 Å². The molecule has 5 rings (SSSR count). The highest BCUT2D eigenvalue weighted by Crippen LogP contribution is 2.25. The van der Waals surface area contributed by atoms with Crippen molar-refractivity contribution in [2.24, 2.45) is 0 Å². The molecule has 1 fully saturated rings. The lowest BCUT2D eigenvalue weighted by atomic mass is 10.1. The topological polar surface area (TPSA) is 118 Å². The number of H-pyrrole nitrogens is 1. The zero-order chi connectivity index (χ0) is 25.1. The first kappa shape index (κ1) is 23.5. The van der Waals surface area contributed by atoms with E-state index < -0.39 is 0 Å². The molecule has 0 aliphatic carbocycles. The highest BCUT2D eigenvalue weighted by molar-refractivity contribution is 5.65. The van der Waals surface area contributed by atoms with E-state index in [9.17, 15) is 9.50 Å². The zero-order valence-corrected chi connectivity index (χ0v) is 20.1. The molecule has 4 N–H and O–H groups in total. The van der Waals surface area contributed by atoms with Crippen LogP contribution in [0.4, 0.5) is 28.1 Å². The summed E-state index contributed by atoms with van der Waals surface area (Å²) in [5.74, 6) is 1.81. The number of nitrogens with one attached hydrogen (secondary N) is 3. The number of phenolic OH excluding ortho intramolecular Hbond substituents is 1. The van der Waals surface area contributed by atoms with E-state index in [2.05, 4.69) is 52.6 Å². The third-order valence-electron chi connectivity index (χ3n) is 6.12. The predicted molar refractivity (Wildman–Crippen MR) is 137 cm³/mol. The van der Waals surface area contributed by atoms with Crippen molar-refractivity contribution in [2.45, 2.75) is 13.0 Å². The highest BCUT2D eigenvalue weighted by Gasteiger charge is 2.20. The van der Waals surface area contributed by atoms with E-state index in [1.165, 1.54) is 12.1 Å². The number of aromatic amines is 1. The fourth-order valence-electron chi connectivity index (χ4n) is 3.95. The molecule has 1 aliphatic heterocycles. The van der Waals surface area contributed by atoms with Crippen molar-refractivity contribution >= 4 is 23.7 Å². The van der Waals surface area contributed by atoms with Crippen molar-refractivity contribution in [2.75, 3.05) is 48.8 Å². The molecule has 0 radical (unpaired) electrons. The van der Waals surface area contributed by atoms with Crippen LogP contribution in [0.2, 0.25) is 0 Å². The third kappa shape index (κ3) is 5.52. The zero-order valence-electron chi connectivity index (χ0n) is 20.1. The molecule has 186 valence electrons. The van der Waals surface area contributed by atoms with E-state index in [0.29, 0.717) is 23.7 Å². The lowest BCUT2D eigenvalue weighted by Crippen LogP contribution is -2.45. The van der Waals surface area contributed by atoms with Gasteiger partial charge in [-0.05, 0) is 61.5 Å². The van der Waals surface area contributed by atoms with Crippen LogP contribution in [0, 0.1) is 5.82 Å². The largest absolute Gasteiger partial charge is 0.508 e. The van der Waals surface area contributed by atoms with Crippen molar-refractivity contribution in [3.8, 4) is 17.0 Å². The summed E-state index contributed by atoms with van der Waals surface area (Å²) in [5.41, 5.74) is 2.59. The average molecular weight is 490 g/mol. The molecule has 4 aromatic rings. The second-order valence-corrected chi connectivity index (χ2v) is 8.83. The lowest BCUT2D eigenvalue weighted by Gasteiger charge is -2.32. The number of aromatic hydroxyl groups is 1. The minimum Gasteiger partial charge on any atom is -0.508 e. The number of nitrogens with zero attached hydrogens (tertiary/aromatic N) is 6. The molecule has 1 aliphatic rings. The third-order valence-corrected chi connectivity index (χ3v) is 6.12. The number of piperazine rings is 1. The van der Waals surface area contributed by atoms with E-state index in [-0.39, 0.29) is 17.6 Å². The molecule has 2 aromatic heterocycles. The number of phenols is 1. The van der Waals surface area contributed by atoms with Crippen LogP contribution in [0.25, 0.3) is 11.3 Å². The van der Waals surface area contributed by atoms with E-state index in [4.69, 9.17) is 0 Å². The Morgan fingerprint density at radius 1 is 0.944 bits per heavy atom. The number of anilines is 4. The smallest absolute Gasteiger partial charge is 0.235 e. The van der Waals surface area contributed by atoms with Crippen LogP contribution < -0.4 is 15.5 Å². The number of benzene rings is 2. The number of hydrogen-bond acceptors (Lipinski definition) is 9. The van der Waals surface area contributed by atoms with Gasteiger partial charge >= 0.3 is 0 Å². The van der Waals surface area contributed by atoms with Crippen LogP contribution in [0.3, 0.4) is 0 Å². The summed E-state index contributed by atoms with van der Waals surface area (Å²) in [6.45, 7) is 5.41. The summed E-state index contributed by atoms with van der Waals surface area (Å²) in [6.07, 6.45) is 0. The molecule has 1 unspecified atom stereocenters. The summed E-state index contributed by atoms with van der Waals surface area (Å²) in [5, 5.41) is 23.3. The van der Waals surface area contributed by atoms with Crippen molar-refractivity contribution < 1.29 is 9.50 Å². The maximum absolute atomic E-state index is 13.4. The van der Waals surface area contributed by atoms with Gasteiger partial charge in [0.2, 0.25) is 17.8 Å². The fraction of sp³-hybridized carbons (Fsp3) is 0.280. The monoisotopic (exact) mass is 489 g/mol. The van der Waals surface area contributed by atoms with Gasteiger partial charge in [-0.3, -0.25) is 5.10 Å². The molecular formula is C25H28FN9O. The van der Waals surface area contributed by atoms with Crippen molar-refractivity contribution in [1.82, 2.24) is 30.0 Å². The van der Waals surface area contributed by atoms with Crippen LogP contribution in [-0.4, -0.2) is 68.4 Å². The van der Waals surface area contributed by atoms with Crippen LogP contribution >= 0.6 is 0 Å². The first-order valence-electron chi connectivity index (χ1n) is 11.8. The first-order valence-corrected chi connectivity index (χ1v) is 11.8. The molecule has 10 nitrogen and oxygen atoms in total. The number of halogens is 1. The second kappa shape index (κ2) is 10.2. The summed E-state index contributed by atoms with van der Waals surface area (Å²) >= 11 is 0. The van der Waals surface area contributed by atoms with Crippen LogP contribution in [0.1, 0.15) is 18.5 Å². The molecule has 0 bridgehead atoms. The molecule has 3 heterocycles. The normalized spacial score (nSPS) is 15.0. The van der Waals surface area contributed by atoms with Gasteiger partial charge in [0.05, 0.1) is 11.7 Å². The summed E-state index contributed by atoms with van der Waals surface area (Å²) in [4.78, 5) is 18.3. The van der Waals surface area contributed by atoms with E-state index >= 15 is 0 Å². The predicted octanol–water partition coefficient (Wildman–Crippen LogP) is 3.77. The number of aromatic nitrogens is 5. The van der Waals surface area contributed by atoms with Gasteiger partial charge in [0.1, 0.15) is 11.6 Å². The average Bonchev–Trinajstić information content (AvgIpc) is 3.33. The Morgan fingerprint density at radius 2 is 1.64 bits per heavy atom. The first-order chi connectivity index (χ1) is 17.4. The number of rotatable bonds is 7. The quantitative estimate of drug-likeness (QED) is 0.308. The Hall–Kier alpha value is -4.25. The number of likely N-dealkylation sites (N-methyl/N-ethyl adjacent to an activating group) is 1. The molecule has 36 heavy (non-hydrogen) atoms. The standard InChI is InChI=1S/C25H28FN9O/c1-16(17-3-7-19(26)8-4-17)27-23-29-24(31-25(30-23)35-13-11-34(2)12-14-35)28-22-15-21(32-33-22)18-5-9-20(36)10-6-18/h3-10,15-16,36H,11-14H2,1-2H3,(H3,27,28,29,30,31,32,33). The minimum absolute atomic E-state index is 0.146. The summed E-state index contributed by atoms with van der Waals surface area (Å²) in [7, 11) is 2.10. The Balaban J connectivity index is 1.40. The molecule has 11 heteroatoms. The maximum atomic E-state index is 13.4. The molecule has 0 amide bonds. The van der Waals surface area contributed by atoms with Gasteiger partial charge in [0.25, 0.3) is 0 Å². The van der Waals surface area contributed by atoms with Crippen LogP contribution in [-0.2, 0) is 0 Å². The van der Waals surface area contributed by atoms with Gasteiger partial charge in [0, 0.05) is 32.2 Å². The van der Waals surface area contributed by atoms with Gasteiger partial charge in [-0.2, -0.15) is 20.1 Å². The van der Waals surface area contributed by atoms with E-state index in [0.717, 1.165) is 43.0 Å². The lowest BCUT2D eigenvalue weighted by molar-refractivity contribution is 0.311. The Kier molecular flexibility index (Phi) is 6.63. The van der Waals surface area contributed by atoms with Crippen LogP contribution in [0.15, 0.2) is 54.6 Å². The highest BCUT2D eigenvalue weighted by atomic mass is 19.1. The van der Waals surface area contributed by atoms with Gasteiger partial charge in [-0.15, -0.1) is 0 Å². The van der Waals surface area contributed by atoms with Crippen molar-refractivity contribution in [3.63, 3.8) is 0 Å². The maximum Gasteiger partial charge on any atom is 0.235 e. The van der Waals surface area contributed by atoms with Gasteiger partial charge < -0.3 is 25.5 Å². The van der Waals surface area contributed by atoms with Gasteiger partial charge in [0.15, 0.2) is 5.82 Å². The van der Waals surface area contributed by atoms with Crippen LogP contribution in [0.5, 0.6) is 5.75 Å². The van der Waals surface area contributed by atoms with Crippen molar-refractivity contribution in [3.05, 3.63) is 66.0 Å². The SMILES string of the molecule is CC(Nc1nc(Nc2cc(-c3ccc(O)cc3)[nH]n2)nc(N2CCN(C)CC2)n1)c1ccc(F)cc1. The van der Waals surface area contributed by atoms with E-state index in [1.807, 2.05) is 13.0 Å². The van der Waals surface area contributed by atoms with Gasteiger partial charge in [-0.1, -0.05) is 12.1 Å². The van der Waals surface area contributed by atoms with Crippen molar-refractivity contribution in [1.29, 1.82) is 0 Å². The molecule has 1 atom stereocenters. The summed E-state index contributed by atoms with van der Waals surface area (Å²) in [6, 6.07) is 14.9. The Labute approximate surface area is 208 Å². The Bertz CT molecular complexity index is 1300.